The molecule has 0 radical (unpaired) electrons. The molecule has 0 unspecified atom stereocenters. The van der Waals surface area contributed by atoms with Gasteiger partial charge in [0.15, 0.2) is 0 Å². The van der Waals surface area contributed by atoms with Crippen molar-refractivity contribution in [2.75, 3.05) is 6.54 Å². The summed E-state index contributed by atoms with van der Waals surface area (Å²) in [5, 5.41) is 5.91. The number of amides is 1. The lowest BCUT2D eigenvalue weighted by atomic mass is 10.2. The van der Waals surface area contributed by atoms with E-state index in [2.05, 4.69) is 31.2 Å². The lowest BCUT2D eigenvalue weighted by Gasteiger charge is -2.07. The number of aryl methyl sites for hydroxylation is 1. The number of hydrogen-bond acceptors (Lipinski definition) is 5. The molecule has 6 nitrogen and oxygen atoms in total. The zero-order chi connectivity index (χ0) is 18.4. The molecule has 134 valence electrons. The lowest BCUT2D eigenvalue weighted by molar-refractivity contribution is -0.121. The summed E-state index contributed by atoms with van der Waals surface area (Å²) in [7, 11) is 0. The van der Waals surface area contributed by atoms with Gasteiger partial charge in [-0.3, -0.25) is 14.6 Å². The first kappa shape index (κ1) is 18.5. The first-order valence-electron chi connectivity index (χ1n) is 8.09. The maximum atomic E-state index is 12.0. The van der Waals surface area contributed by atoms with Crippen LogP contribution < -0.4 is 10.9 Å². The maximum Gasteiger partial charge on any atom is 0.251 e. The van der Waals surface area contributed by atoms with Crippen molar-refractivity contribution in [3.63, 3.8) is 0 Å². The van der Waals surface area contributed by atoms with Crippen molar-refractivity contribution >= 4 is 33.2 Å². The summed E-state index contributed by atoms with van der Waals surface area (Å²) in [6, 6.07) is 6.96. The van der Waals surface area contributed by atoms with Gasteiger partial charge in [0, 0.05) is 53.0 Å². The smallest absolute Gasteiger partial charge is 0.251 e. The van der Waals surface area contributed by atoms with E-state index in [0.717, 1.165) is 33.6 Å². The summed E-state index contributed by atoms with van der Waals surface area (Å²) in [5.41, 5.74) is 1.80. The molecule has 0 spiro atoms. The van der Waals surface area contributed by atoms with Gasteiger partial charge < -0.3 is 9.88 Å². The zero-order valence-electron chi connectivity index (χ0n) is 13.9. The van der Waals surface area contributed by atoms with Crippen molar-refractivity contribution in [3.05, 3.63) is 68.1 Å². The summed E-state index contributed by atoms with van der Waals surface area (Å²) >= 11 is 4.91. The van der Waals surface area contributed by atoms with Crippen LogP contribution in [0.15, 0.2) is 57.5 Å². The van der Waals surface area contributed by atoms with Gasteiger partial charge in [-0.15, -0.1) is 11.3 Å². The Morgan fingerprint density at radius 1 is 1.23 bits per heavy atom. The number of rotatable bonds is 7. The van der Waals surface area contributed by atoms with Crippen LogP contribution in [0.25, 0.3) is 11.3 Å². The van der Waals surface area contributed by atoms with E-state index in [1.54, 1.807) is 36.0 Å². The summed E-state index contributed by atoms with van der Waals surface area (Å²) in [6.45, 7) is 0.563. The number of carbonyl (C=O) groups is 1. The molecule has 0 aliphatic rings. The van der Waals surface area contributed by atoms with Gasteiger partial charge in [0.25, 0.3) is 5.56 Å². The number of nitrogens with one attached hydrogen (secondary N) is 1. The molecule has 0 bridgehead atoms. The van der Waals surface area contributed by atoms with Crippen molar-refractivity contribution in [1.29, 1.82) is 0 Å². The molecule has 0 aromatic carbocycles. The molecule has 0 saturated heterocycles. The lowest BCUT2D eigenvalue weighted by Crippen LogP contribution is -2.32. The predicted molar refractivity (Wildman–Crippen MR) is 105 cm³/mol. The zero-order valence-corrected chi connectivity index (χ0v) is 16.3. The normalized spacial score (nSPS) is 10.7. The number of halogens is 1. The van der Waals surface area contributed by atoms with E-state index in [1.807, 2.05) is 17.5 Å². The number of carbonyl (C=O) groups excluding carboxylic acids is 1. The van der Waals surface area contributed by atoms with Crippen LogP contribution in [0.5, 0.6) is 0 Å². The van der Waals surface area contributed by atoms with Crippen molar-refractivity contribution in [2.24, 2.45) is 0 Å². The van der Waals surface area contributed by atoms with Gasteiger partial charge in [-0.2, -0.15) is 0 Å². The number of hydrogen-bond donors (Lipinski definition) is 1. The van der Waals surface area contributed by atoms with E-state index in [-0.39, 0.29) is 18.0 Å². The molecule has 0 atom stereocenters. The predicted octanol–water partition coefficient (Wildman–Crippen LogP) is 2.88. The standard InChI is InChI=1S/C18H17BrN4O2S/c19-14-3-4-18(25)23(10-14)11-16(24)21-7-1-2-17-22-15(12-26-17)13-5-8-20-9-6-13/h3-6,8-10,12H,1-2,7,11H2,(H,21,24). The van der Waals surface area contributed by atoms with E-state index in [9.17, 15) is 9.59 Å². The van der Waals surface area contributed by atoms with E-state index in [1.165, 1.54) is 10.6 Å². The molecule has 1 N–H and O–H groups in total. The Hall–Kier alpha value is -2.32. The Kier molecular flexibility index (Phi) is 6.30. The quantitative estimate of drug-likeness (QED) is 0.582. The molecule has 0 aliphatic carbocycles. The van der Waals surface area contributed by atoms with Crippen LogP contribution in [0, 0.1) is 0 Å². The van der Waals surface area contributed by atoms with Gasteiger partial charge >= 0.3 is 0 Å². The maximum absolute atomic E-state index is 12.0. The first-order chi connectivity index (χ1) is 12.6. The van der Waals surface area contributed by atoms with Crippen LogP contribution in [0.1, 0.15) is 11.4 Å². The molecule has 0 aliphatic heterocycles. The number of pyridine rings is 2. The number of nitrogens with zero attached hydrogens (tertiary/aromatic N) is 3. The van der Waals surface area contributed by atoms with Gasteiger partial charge in [0.05, 0.1) is 10.7 Å². The third kappa shape index (κ3) is 5.09. The summed E-state index contributed by atoms with van der Waals surface area (Å²) in [6.07, 6.45) is 6.70. The molecular weight excluding hydrogens is 416 g/mol. The molecule has 26 heavy (non-hydrogen) atoms. The molecule has 8 heteroatoms. The highest BCUT2D eigenvalue weighted by molar-refractivity contribution is 9.10. The van der Waals surface area contributed by atoms with Gasteiger partial charge in [-0.05, 0) is 40.5 Å². The Labute approximate surface area is 163 Å². The van der Waals surface area contributed by atoms with E-state index < -0.39 is 0 Å². The van der Waals surface area contributed by atoms with Crippen molar-refractivity contribution in [2.45, 2.75) is 19.4 Å². The molecule has 0 saturated carbocycles. The summed E-state index contributed by atoms with van der Waals surface area (Å²) in [4.78, 5) is 32.3. The van der Waals surface area contributed by atoms with Crippen molar-refractivity contribution in [1.82, 2.24) is 19.9 Å². The highest BCUT2D eigenvalue weighted by atomic mass is 79.9. The minimum Gasteiger partial charge on any atom is -0.355 e. The molecule has 3 aromatic rings. The highest BCUT2D eigenvalue weighted by Crippen LogP contribution is 2.21. The van der Waals surface area contributed by atoms with Gasteiger partial charge in [0.1, 0.15) is 6.54 Å². The highest BCUT2D eigenvalue weighted by Gasteiger charge is 2.06. The molecule has 1 amide bonds. The average molecular weight is 433 g/mol. The second kappa shape index (κ2) is 8.86. The van der Waals surface area contributed by atoms with Gasteiger partial charge in [-0.1, -0.05) is 0 Å². The third-order valence-electron chi connectivity index (χ3n) is 3.68. The number of thiazole rings is 1. The third-order valence-corrected chi connectivity index (χ3v) is 5.06. The van der Waals surface area contributed by atoms with Crippen LogP contribution in [0.4, 0.5) is 0 Å². The fourth-order valence-electron chi connectivity index (χ4n) is 2.38. The van der Waals surface area contributed by atoms with Crippen molar-refractivity contribution < 1.29 is 4.79 Å². The largest absolute Gasteiger partial charge is 0.355 e. The fourth-order valence-corrected chi connectivity index (χ4v) is 3.61. The Balaban J connectivity index is 1.44. The SMILES string of the molecule is O=C(Cn1cc(Br)ccc1=O)NCCCc1nc(-c2ccncc2)cs1. The van der Waals surface area contributed by atoms with E-state index >= 15 is 0 Å². The number of aromatic nitrogens is 3. The second-order valence-electron chi connectivity index (χ2n) is 5.63. The minimum atomic E-state index is -0.199. The monoisotopic (exact) mass is 432 g/mol. The van der Waals surface area contributed by atoms with Crippen LogP contribution in [-0.2, 0) is 17.8 Å². The molecule has 3 rings (SSSR count). The second-order valence-corrected chi connectivity index (χ2v) is 7.49. The minimum absolute atomic E-state index is 0.0156. The fraction of sp³-hybridized carbons (Fsp3) is 0.222. The Morgan fingerprint density at radius 2 is 2.04 bits per heavy atom. The first-order valence-corrected chi connectivity index (χ1v) is 9.76. The average Bonchev–Trinajstić information content (AvgIpc) is 3.12. The summed E-state index contributed by atoms with van der Waals surface area (Å²) in [5.74, 6) is -0.179. The molecule has 3 heterocycles. The van der Waals surface area contributed by atoms with Crippen LogP contribution in [-0.4, -0.2) is 27.0 Å². The Bertz CT molecular complexity index is 940. The van der Waals surface area contributed by atoms with Crippen LogP contribution in [0.2, 0.25) is 0 Å². The van der Waals surface area contributed by atoms with Crippen LogP contribution >= 0.6 is 27.3 Å². The van der Waals surface area contributed by atoms with Gasteiger partial charge in [-0.25, -0.2) is 4.98 Å². The van der Waals surface area contributed by atoms with E-state index in [4.69, 9.17) is 0 Å². The van der Waals surface area contributed by atoms with Crippen molar-refractivity contribution in [3.8, 4) is 11.3 Å². The Morgan fingerprint density at radius 3 is 2.85 bits per heavy atom. The molecular formula is C18H17BrN4O2S. The summed E-state index contributed by atoms with van der Waals surface area (Å²) < 4.78 is 2.14. The molecule has 3 aromatic heterocycles. The van der Waals surface area contributed by atoms with Crippen LogP contribution in [0.3, 0.4) is 0 Å². The van der Waals surface area contributed by atoms with E-state index in [0.29, 0.717) is 6.54 Å². The molecule has 0 fully saturated rings. The van der Waals surface area contributed by atoms with Gasteiger partial charge in [0.2, 0.25) is 5.91 Å². The topological polar surface area (TPSA) is 76.9 Å².